The molecule has 0 radical (unpaired) electrons. The molecule has 4 heterocycles. The number of likely N-dealkylation sites (tertiary alicyclic amines) is 1. The number of ether oxygens (including phenoxy) is 1. The highest BCUT2D eigenvalue weighted by molar-refractivity contribution is 6.02. The fourth-order valence-electron chi connectivity index (χ4n) is 6.56. The average molecular weight is 550 g/mol. The molecule has 210 valence electrons. The minimum atomic E-state index is -0.258. The molecule has 2 atom stereocenters. The molecule has 0 unspecified atom stereocenters. The van der Waals surface area contributed by atoms with E-state index in [2.05, 4.69) is 74.1 Å². The van der Waals surface area contributed by atoms with E-state index in [-0.39, 0.29) is 5.91 Å². The van der Waals surface area contributed by atoms with Crippen molar-refractivity contribution in [3.63, 3.8) is 0 Å². The summed E-state index contributed by atoms with van der Waals surface area (Å²) in [6, 6.07) is 14.9. The van der Waals surface area contributed by atoms with Crippen LogP contribution in [0, 0.1) is 11.8 Å². The smallest absolute Gasteiger partial charge is 0.247 e. The molecule has 9 heteroatoms. The first-order valence-corrected chi connectivity index (χ1v) is 14.3. The topological polar surface area (TPSA) is 87.5 Å². The van der Waals surface area contributed by atoms with Crippen molar-refractivity contribution < 1.29 is 9.53 Å². The lowest BCUT2D eigenvalue weighted by Crippen LogP contribution is -2.27. The van der Waals surface area contributed by atoms with Crippen molar-refractivity contribution in [2.45, 2.75) is 18.9 Å². The van der Waals surface area contributed by atoms with Gasteiger partial charge in [-0.3, -0.25) is 4.79 Å². The van der Waals surface area contributed by atoms with Crippen molar-refractivity contribution in [1.82, 2.24) is 19.4 Å². The largest absolute Gasteiger partial charge is 0.494 e. The second-order valence-corrected chi connectivity index (χ2v) is 11.5. The molecule has 4 aromatic rings. The van der Waals surface area contributed by atoms with Crippen molar-refractivity contribution in [3.05, 3.63) is 67.5 Å². The van der Waals surface area contributed by atoms with Gasteiger partial charge in [-0.25, -0.2) is 9.97 Å². The predicted octanol–water partition coefficient (Wildman–Crippen LogP) is 5.31. The van der Waals surface area contributed by atoms with E-state index in [1.165, 1.54) is 29.8 Å². The molecule has 2 aliphatic heterocycles. The molecule has 0 spiro atoms. The molecular weight excluding hydrogens is 514 g/mol. The summed E-state index contributed by atoms with van der Waals surface area (Å²) in [5.41, 5.74) is 5.49. The predicted molar refractivity (Wildman–Crippen MR) is 163 cm³/mol. The first-order valence-electron chi connectivity index (χ1n) is 14.3. The summed E-state index contributed by atoms with van der Waals surface area (Å²) in [7, 11) is 3.84. The number of anilines is 4. The maximum Gasteiger partial charge on any atom is 0.247 e. The molecule has 3 fully saturated rings. The van der Waals surface area contributed by atoms with Crippen LogP contribution in [0.4, 0.5) is 23.0 Å². The SMILES string of the molecule is C=CC(=O)Nc1cc(Nc2nccc(-c3cn(C4CC4)c4ccccc34)n2)c(OC)cc1N1C[C@H]2CN(C)C[C@H]2C1. The van der Waals surface area contributed by atoms with Gasteiger partial charge in [0.2, 0.25) is 11.9 Å². The van der Waals surface area contributed by atoms with Gasteiger partial charge in [-0.05, 0) is 56.0 Å². The van der Waals surface area contributed by atoms with E-state index in [0.717, 1.165) is 43.1 Å². The van der Waals surface area contributed by atoms with Crippen LogP contribution in [-0.2, 0) is 4.79 Å². The number of fused-ring (bicyclic) bond motifs is 2. The number of carbonyl (C=O) groups excluding carboxylic acids is 1. The standard InChI is InChI=1S/C32H35N7O2/c1-4-31(40)34-26-13-27(30(41-3)14-29(26)38-17-20-15-37(2)16-21(20)18-38)36-32-33-12-11-25(35-32)24-19-39(22-9-10-22)28-8-6-5-7-23(24)28/h4-8,11-14,19-22H,1,9-10,15-18H2,2-3H3,(H,34,40)(H,33,35,36)/t20-,21+. The summed E-state index contributed by atoms with van der Waals surface area (Å²) >= 11 is 0. The third-order valence-corrected chi connectivity index (χ3v) is 8.63. The van der Waals surface area contributed by atoms with Gasteiger partial charge < -0.3 is 29.7 Å². The van der Waals surface area contributed by atoms with Crippen LogP contribution in [-0.4, -0.2) is 65.7 Å². The van der Waals surface area contributed by atoms with Gasteiger partial charge in [0.25, 0.3) is 0 Å². The zero-order chi connectivity index (χ0) is 28.1. The fourth-order valence-corrected chi connectivity index (χ4v) is 6.56. The Hall–Kier alpha value is -4.37. The summed E-state index contributed by atoms with van der Waals surface area (Å²) < 4.78 is 8.21. The Balaban J connectivity index is 1.22. The first kappa shape index (κ1) is 25.6. The van der Waals surface area contributed by atoms with Crippen molar-refractivity contribution in [2.24, 2.45) is 11.8 Å². The van der Waals surface area contributed by atoms with Gasteiger partial charge in [-0.15, -0.1) is 0 Å². The third-order valence-electron chi connectivity index (χ3n) is 8.63. The van der Waals surface area contributed by atoms with Gasteiger partial charge in [0.1, 0.15) is 5.75 Å². The van der Waals surface area contributed by atoms with Gasteiger partial charge in [-0.2, -0.15) is 0 Å². The lowest BCUT2D eigenvalue weighted by atomic mass is 10.0. The molecule has 7 rings (SSSR count). The Bertz CT molecular complexity index is 1630. The molecular formula is C32H35N7O2. The van der Waals surface area contributed by atoms with Crippen molar-refractivity contribution in [3.8, 4) is 17.0 Å². The summed E-state index contributed by atoms with van der Waals surface area (Å²) in [6.07, 6.45) is 7.71. The quantitative estimate of drug-likeness (QED) is 0.288. The average Bonchev–Trinajstić information content (AvgIpc) is 3.50. The monoisotopic (exact) mass is 549 g/mol. The van der Waals surface area contributed by atoms with Gasteiger partial charge in [-0.1, -0.05) is 24.8 Å². The molecule has 2 saturated heterocycles. The molecule has 1 saturated carbocycles. The minimum absolute atomic E-state index is 0.258. The van der Waals surface area contributed by atoms with E-state index in [1.807, 2.05) is 18.2 Å². The van der Waals surface area contributed by atoms with Crippen LogP contribution in [0.1, 0.15) is 18.9 Å². The Kier molecular flexibility index (Phi) is 6.38. The lowest BCUT2D eigenvalue weighted by molar-refractivity contribution is -0.111. The number of nitrogens with zero attached hydrogens (tertiary/aromatic N) is 5. The highest BCUT2D eigenvalue weighted by atomic mass is 16.5. The van der Waals surface area contributed by atoms with Crippen LogP contribution in [0.25, 0.3) is 22.2 Å². The Morgan fingerprint density at radius 2 is 1.85 bits per heavy atom. The lowest BCUT2D eigenvalue weighted by Gasteiger charge is -2.26. The number of hydrogen-bond acceptors (Lipinski definition) is 7. The van der Waals surface area contributed by atoms with Crippen LogP contribution in [0.5, 0.6) is 5.75 Å². The Labute approximate surface area is 239 Å². The Morgan fingerprint density at radius 1 is 1.07 bits per heavy atom. The van der Waals surface area contributed by atoms with Crippen LogP contribution >= 0.6 is 0 Å². The number of para-hydroxylation sites is 1. The highest BCUT2D eigenvalue weighted by Gasteiger charge is 2.39. The van der Waals surface area contributed by atoms with Crippen LogP contribution in [0.2, 0.25) is 0 Å². The molecule has 3 aliphatic rings. The highest BCUT2D eigenvalue weighted by Crippen LogP contribution is 2.43. The number of nitrogens with one attached hydrogen (secondary N) is 2. The molecule has 9 nitrogen and oxygen atoms in total. The zero-order valence-corrected chi connectivity index (χ0v) is 23.5. The molecule has 2 N–H and O–H groups in total. The second kappa shape index (κ2) is 10.2. The maximum atomic E-state index is 12.4. The van der Waals surface area contributed by atoms with Crippen LogP contribution in [0.15, 0.2) is 67.5 Å². The number of aromatic nitrogens is 3. The van der Waals surface area contributed by atoms with Gasteiger partial charge in [0.15, 0.2) is 0 Å². The van der Waals surface area contributed by atoms with Crippen LogP contribution in [0.3, 0.4) is 0 Å². The van der Waals surface area contributed by atoms with E-state index in [1.54, 1.807) is 13.3 Å². The van der Waals surface area contributed by atoms with E-state index < -0.39 is 0 Å². The molecule has 41 heavy (non-hydrogen) atoms. The Morgan fingerprint density at radius 3 is 2.59 bits per heavy atom. The van der Waals surface area contributed by atoms with E-state index in [9.17, 15) is 4.79 Å². The maximum absolute atomic E-state index is 12.4. The molecule has 2 aromatic heterocycles. The van der Waals surface area contributed by atoms with E-state index in [0.29, 0.717) is 41.0 Å². The molecule has 1 amide bonds. The van der Waals surface area contributed by atoms with Gasteiger partial charge in [0, 0.05) is 67.1 Å². The fraction of sp³-hybridized carbons (Fsp3) is 0.344. The summed E-state index contributed by atoms with van der Waals surface area (Å²) in [4.78, 5) is 26.6. The summed E-state index contributed by atoms with van der Waals surface area (Å²) in [5.74, 6) is 2.09. The molecule has 1 aliphatic carbocycles. The van der Waals surface area contributed by atoms with E-state index in [4.69, 9.17) is 9.72 Å². The third kappa shape index (κ3) is 4.80. The second-order valence-electron chi connectivity index (χ2n) is 11.5. The number of hydrogen-bond donors (Lipinski definition) is 2. The number of benzene rings is 2. The number of rotatable bonds is 8. The zero-order valence-electron chi connectivity index (χ0n) is 23.5. The van der Waals surface area contributed by atoms with Gasteiger partial charge >= 0.3 is 0 Å². The van der Waals surface area contributed by atoms with Crippen molar-refractivity contribution in [2.75, 3.05) is 55.9 Å². The normalized spacial score (nSPS) is 20.3. The number of carbonyl (C=O) groups is 1. The molecule has 2 aromatic carbocycles. The number of methoxy groups -OCH3 is 1. The minimum Gasteiger partial charge on any atom is -0.494 e. The number of amides is 1. The summed E-state index contributed by atoms with van der Waals surface area (Å²) in [5, 5.41) is 7.56. The van der Waals surface area contributed by atoms with Crippen LogP contribution < -0.4 is 20.3 Å². The first-order chi connectivity index (χ1) is 20.0. The van der Waals surface area contributed by atoms with Gasteiger partial charge in [0.05, 0.1) is 29.9 Å². The van der Waals surface area contributed by atoms with Crippen molar-refractivity contribution >= 4 is 39.8 Å². The summed E-state index contributed by atoms with van der Waals surface area (Å²) in [6.45, 7) is 7.73. The van der Waals surface area contributed by atoms with Crippen molar-refractivity contribution in [1.29, 1.82) is 0 Å². The molecule has 0 bridgehead atoms. The van der Waals surface area contributed by atoms with E-state index >= 15 is 0 Å².